The second-order valence-electron chi connectivity index (χ2n) is 5.35. The van der Waals surface area contributed by atoms with Crippen molar-refractivity contribution in [2.75, 3.05) is 17.3 Å². The maximum atomic E-state index is 12.6. The van der Waals surface area contributed by atoms with Crippen LogP contribution in [0.15, 0.2) is 83.3 Å². The van der Waals surface area contributed by atoms with Crippen LogP contribution in [0.25, 0.3) is 0 Å². The third-order valence-electron chi connectivity index (χ3n) is 3.78. The average Bonchev–Trinajstić information content (AvgIpc) is 2.62. The quantitative estimate of drug-likeness (QED) is 0.650. The first-order chi connectivity index (χ1) is 11.7. The van der Waals surface area contributed by atoms with E-state index in [1.807, 2.05) is 79.8 Å². The van der Waals surface area contributed by atoms with Crippen LogP contribution >= 0.6 is 15.9 Å². The summed E-state index contributed by atoms with van der Waals surface area (Å²) < 4.78 is 0.774. The summed E-state index contributed by atoms with van der Waals surface area (Å²) in [5.74, 6) is -0.142. The Morgan fingerprint density at radius 1 is 0.875 bits per heavy atom. The molecule has 0 bridgehead atoms. The fraction of sp³-hybridized carbons (Fsp3) is 0.0500. The molecular formula is C20H17BrN2O. The molecule has 1 amide bonds. The van der Waals surface area contributed by atoms with E-state index < -0.39 is 0 Å². The molecule has 24 heavy (non-hydrogen) atoms. The number of anilines is 3. The lowest BCUT2D eigenvalue weighted by Gasteiger charge is -2.23. The number of para-hydroxylation sites is 3. The van der Waals surface area contributed by atoms with E-state index in [2.05, 4.69) is 26.1 Å². The fourth-order valence-corrected chi connectivity index (χ4v) is 2.96. The molecule has 120 valence electrons. The van der Waals surface area contributed by atoms with Crippen LogP contribution in [0.5, 0.6) is 0 Å². The first kappa shape index (κ1) is 16.3. The van der Waals surface area contributed by atoms with Gasteiger partial charge in [-0.1, -0.05) is 42.5 Å². The molecule has 0 aliphatic carbocycles. The van der Waals surface area contributed by atoms with Gasteiger partial charge in [-0.3, -0.25) is 4.79 Å². The third-order valence-corrected chi connectivity index (χ3v) is 4.47. The third kappa shape index (κ3) is 3.49. The lowest BCUT2D eigenvalue weighted by atomic mass is 10.2. The van der Waals surface area contributed by atoms with Gasteiger partial charge in [0.25, 0.3) is 5.91 Å². The van der Waals surface area contributed by atoms with Crippen molar-refractivity contribution < 1.29 is 4.79 Å². The fourth-order valence-electron chi connectivity index (χ4n) is 2.50. The molecule has 1 N–H and O–H groups in total. The molecule has 0 atom stereocenters. The molecule has 0 unspecified atom stereocenters. The molecule has 0 spiro atoms. The van der Waals surface area contributed by atoms with Crippen molar-refractivity contribution in [2.24, 2.45) is 0 Å². The standard InChI is InChI=1S/C20H17BrN2O/c1-23(15-9-3-2-4-10-15)19-14-8-7-13-18(19)22-20(24)16-11-5-6-12-17(16)21/h2-14H,1H3,(H,22,24). The summed E-state index contributed by atoms with van der Waals surface area (Å²) in [6, 6.07) is 25.2. The van der Waals surface area contributed by atoms with Crippen LogP contribution in [-0.2, 0) is 0 Å². The second-order valence-corrected chi connectivity index (χ2v) is 6.20. The van der Waals surface area contributed by atoms with Crippen molar-refractivity contribution in [2.45, 2.75) is 0 Å². The largest absolute Gasteiger partial charge is 0.343 e. The molecule has 0 radical (unpaired) electrons. The van der Waals surface area contributed by atoms with Crippen LogP contribution in [0.3, 0.4) is 0 Å². The lowest BCUT2D eigenvalue weighted by molar-refractivity contribution is 0.102. The molecule has 0 saturated carbocycles. The van der Waals surface area contributed by atoms with Crippen molar-refractivity contribution in [1.29, 1.82) is 0 Å². The molecule has 3 nitrogen and oxygen atoms in total. The number of hydrogen-bond donors (Lipinski definition) is 1. The van der Waals surface area contributed by atoms with Crippen LogP contribution in [0.1, 0.15) is 10.4 Å². The first-order valence-electron chi connectivity index (χ1n) is 7.60. The maximum Gasteiger partial charge on any atom is 0.256 e. The number of amides is 1. The van der Waals surface area contributed by atoms with E-state index in [1.54, 1.807) is 6.07 Å². The lowest BCUT2D eigenvalue weighted by Crippen LogP contribution is -2.17. The molecule has 3 rings (SSSR count). The second kappa shape index (κ2) is 7.32. The average molecular weight is 381 g/mol. The zero-order chi connectivity index (χ0) is 16.9. The Hall–Kier alpha value is -2.59. The molecule has 3 aromatic rings. The topological polar surface area (TPSA) is 32.3 Å². The van der Waals surface area contributed by atoms with Crippen molar-refractivity contribution in [3.8, 4) is 0 Å². The maximum absolute atomic E-state index is 12.6. The van der Waals surface area contributed by atoms with E-state index in [0.29, 0.717) is 5.56 Å². The predicted octanol–water partition coefficient (Wildman–Crippen LogP) is 5.47. The SMILES string of the molecule is CN(c1ccccc1)c1ccccc1NC(=O)c1ccccc1Br. The number of rotatable bonds is 4. The molecule has 0 heterocycles. The smallest absolute Gasteiger partial charge is 0.256 e. The van der Waals surface area contributed by atoms with Gasteiger partial charge in [-0.2, -0.15) is 0 Å². The van der Waals surface area contributed by atoms with Crippen molar-refractivity contribution in [3.63, 3.8) is 0 Å². The Balaban J connectivity index is 1.90. The highest BCUT2D eigenvalue weighted by molar-refractivity contribution is 9.10. The number of nitrogens with one attached hydrogen (secondary N) is 1. The highest BCUT2D eigenvalue weighted by Gasteiger charge is 2.14. The zero-order valence-corrected chi connectivity index (χ0v) is 14.8. The minimum absolute atomic E-state index is 0.142. The summed E-state index contributed by atoms with van der Waals surface area (Å²) in [4.78, 5) is 14.6. The number of benzene rings is 3. The van der Waals surface area contributed by atoms with Gasteiger partial charge in [-0.15, -0.1) is 0 Å². The molecule has 0 aliphatic rings. The first-order valence-corrected chi connectivity index (χ1v) is 8.40. The summed E-state index contributed by atoms with van der Waals surface area (Å²) in [5, 5.41) is 3.01. The van der Waals surface area contributed by atoms with E-state index in [9.17, 15) is 4.79 Å². The van der Waals surface area contributed by atoms with Gasteiger partial charge in [0, 0.05) is 17.2 Å². The number of carbonyl (C=O) groups is 1. The number of carbonyl (C=O) groups excluding carboxylic acids is 1. The Morgan fingerprint density at radius 2 is 1.50 bits per heavy atom. The molecule has 3 aromatic carbocycles. The summed E-state index contributed by atoms with van der Waals surface area (Å²) >= 11 is 3.42. The molecule has 0 fully saturated rings. The van der Waals surface area contributed by atoms with Crippen LogP contribution in [-0.4, -0.2) is 13.0 Å². The number of hydrogen-bond acceptors (Lipinski definition) is 2. The van der Waals surface area contributed by atoms with Crippen molar-refractivity contribution in [1.82, 2.24) is 0 Å². The van der Waals surface area contributed by atoms with E-state index in [0.717, 1.165) is 21.5 Å². The minimum Gasteiger partial charge on any atom is -0.343 e. The summed E-state index contributed by atoms with van der Waals surface area (Å²) in [6.45, 7) is 0. The summed E-state index contributed by atoms with van der Waals surface area (Å²) in [7, 11) is 1.98. The Kier molecular flexibility index (Phi) is 4.96. The zero-order valence-electron chi connectivity index (χ0n) is 13.2. The number of nitrogens with zero attached hydrogens (tertiary/aromatic N) is 1. The molecule has 4 heteroatoms. The Bertz CT molecular complexity index is 849. The van der Waals surface area contributed by atoms with Crippen LogP contribution in [0.2, 0.25) is 0 Å². The molecule has 0 aliphatic heterocycles. The van der Waals surface area contributed by atoms with Crippen LogP contribution in [0, 0.1) is 0 Å². The van der Waals surface area contributed by atoms with Gasteiger partial charge in [-0.05, 0) is 52.3 Å². The molecule has 0 aromatic heterocycles. The van der Waals surface area contributed by atoms with E-state index in [4.69, 9.17) is 0 Å². The predicted molar refractivity (Wildman–Crippen MR) is 103 cm³/mol. The molecular weight excluding hydrogens is 364 g/mol. The Labute approximate surface area is 150 Å². The summed E-state index contributed by atoms with van der Waals surface area (Å²) in [5.41, 5.74) is 3.36. The number of halogens is 1. The van der Waals surface area contributed by atoms with Gasteiger partial charge >= 0.3 is 0 Å². The highest BCUT2D eigenvalue weighted by atomic mass is 79.9. The van der Waals surface area contributed by atoms with E-state index >= 15 is 0 Å². The van der Waals surface area contributed by atoms with Gasteiger partial charge in [0.1, 0.15) is 0 Å². The van der Waals surface area contributed by atoms with E-state index in [1.165, 1.54) is 0 Å². The molecule has 0 saturated heterocycles. The normalized spacial score (nSPS) is 10.2. The minimum atomic E-state index is -0.142. The van der Waals surface area contributed by atoms with Gasteiger partial charge in [-0.25, -0.2) is 0 Å². The van der Waals surface area contributed by atoms with Gasteiger partial charge in [0.05, 0.1) is 16.9 Å². The van der Waals surface area contributed by atoms with Gasteiger partial charge in [0.2, 0.25) is 0 Å². The van der Waals surface area contributed by atoms with Crippen LogP contribution < -0.4 is 10.2 Å². The van der Waals surface area contributed by atoms with Gasteiger partial charge in [0.15, 0.2) is 0 Å². The Morgan fingerprint density at radius 3 is 2.25 bits per heavy atom. The summed E-state index contributed by atoms with van der Waals surface area (Å²) in [6.07, 6.45) is 0. The van der Waals surface area contributed by atoms with Crippen molar-refractivity contribution >= 4 is 38.9 Å². The monoisotopic (exact) mass is 380 g/mol. The van der Waals surface area contributed by atoms with Crippen LogP contribution in [0.4, 0.5) is 17.1 Å². The van der Waals surface area contributed by atoms with Gasteiger partial charge < -0.3 is 10.2 Å². The highest BCUT2D eigenvalue weighted by Crippen LogP contribution is 2.31. The van der Waals surface area contributed by atoms with Crippen molar-refractivity contribution in [3.05, 3.63) is 88.9 Å². The van der Waals surface area contributed by atoms with E-state index in [-0.39, 0.29) is 5.91 Å².